The van der Waals surface area contributed by atoms with Crippen molar-refractivity contribution in [3.05, 3.63) is 5.01 Å². The lowest BCUT2D eigenvalue weighted by atomic mass is 9.81. The zero-order valence-corrected chi connectivity index (χ0v) is 13.0. The number of amides is 1. The first-order valence-electron chi connectivity index (χ1n) is 6.81. The molecule has 0 aliphatic rings. The highest BCUT2D eigenvalue weighted by Gasteiger charge is 2.33. The Bertz CT molecular complexity index is 404. The van der Waals surface area contributed by atoms with Crippen LogP contribution in [0.25, 0.3) is 0 Å². The third-order valence-corrected chi connectivity index (χ3v) is 4.36. The fourth-order valence-corrected chi connectivity index (χ4v) is 2.86. The lowest BCUT2D eigenvalue weighted by molar-refractivity contribution is -0.125. The molecule has 108 valence electrons. The van der Waals surface area contributed by atoms with E-state index in [0.717, 1.165) is 24.3 Å². The molecule has 0 unspecified atom stereocenters. The first kappa shape index (κ1) is 16.0. The van der Waals surface area contributed by atoms with Gasteiger partial charge in [0.2, 0.25) is 11.0 Å². The maximum Gasteiger partial charge on any atom is 0.233 e. The summed E-state index contributed by atoms with van der Waals surface area (Å²) in [5, 5.41) is 12.5. The third-order valence-electron chi connectivity index (χ3n) is 3.50. The summed E-state index contributed by atoms with van der Waals surface area (Å²) in [4.78, 5) is 12.3. The third kappa shape index (κ3) is 3.98. The van der Waals surface area contributed by atoms with Gasteiger partial charge in [0.05, 0.1) is 5.41 Å². The van der Waals surface area contributed by atoms with Gasteiger partial charge in [-0.2, -0.15) is 0 Å². The van der Waals surface area contributed by atoms with E-state index in [0.29, 0.717) is 17.6 Å². The van der Waals surface area contributed by atoms with E-state index in [-0.39, 0.29) is 5.91 Å². The predicted octanol–water partition coefficient (Wildman–Crippen LogP) is 2.44. The molecule has 3 N–H and O–H groups in total. The number of aromatic nitrogens is 2. The van der Waals surface area contributed by atoms with Crippen molar-refractivity contribution in [2.24, 2.45) is 17.1 Å². The number of carbonyl (C=O) groups excluding carboxylic acids is 1. The Morgan fingerprint density at radius 1 is 1.37 bits per heavy atom. The second-order valence-electron chi connectivity index (χ2n) is 5.24. The van der Waals surface area contributed by atoms with Gasteiger partial charge < -0.3 is 5.73 Å². The van der Waals surface area contributed by atoms with Crippen LogP contribution in [-0.4, -0.2) is 22.6 Å². The molecule has 1 aromatic rings. The molecule has 0 fully saturated rings. The first-order chi connectivity index (χ1) is 8.97. The van der Waals surface area contributed by atoms with Gasteiger partial charge in [-0.05, 0) is 18.8 Å². The van der Waals surface area contributed by atoms with Crippen LogP contribution in [0.2, 0.25) is 0 Å². The normalized spacial score (nSPS) is 11.9. The van der Waals surface area contributed by atoms with Crippen molar-refractivity contribution < 1.29 is 4.79 Å². The summed E-state index contributed by atoms with van der Waals surface area (Å²) in [6.45, 7) is 8.59. The van der Waals surface area contributed by atoms with Crippen molar-refractivity contribution in [1.82, 2.24) is 10.2 Å². The molecule has 5 nitrogen and oxygen atoms in total. The van der Waals surface area contributed by atoms with Gasteiger partial charge in [0.25, 0.3) is 0 Å². The van der Waals surface area contributed by atoms with Crippen LogP contribution < -0.4 is 11.1 Å². The topological polar surface area (TPSA) is 80.9 Å². The van der Waals surface area contributed by atoms with Gasteiger partial charge in [-0.1, -0.05) is 39.0 Å². The van der Waals surface area contributed by atoms with E-state index in [2.05, 4.69) is 29.4 Å². The maximum atomic E-state index is 12.3. The van der Waals surface area contributed by atoms with Gasteiger partial charge in [-0.25, -0.2) is 0 Å². The zero-order chi connectivity index (χ0) is 14.5. The van der Waals surface area contributed by atoms with Crippen LogP contribution in [0, 0.1) is 11.3 Å². The van der Waals surface area contributed by atoms with E-state index in [1.807, 2.05) is 13.8 Å². The zero-order valence-electron chi connectivity index (χ0n) is 12.2. The fourth-order valence-electron chi connectivity index (χ4n) is 1.92. The van der Waals surface area contributed by atoms with Gasteiger partial charge in [0, 0.05) is 13.0 Å². The molecule has 1 aromatic heterocycles. The average molecular weight is 284 g/mol. The Morgan fingerprint density at radius 2 is 2.00 bits per heavy atom. The molecular weight excluding hydrogens is 260 g/mol. The van der Waals surface area contributed by atoms with E-state index in [4.69, 9.17) is 5.73 Å². The standard InChI is InChI=1S/C13H24N4OS/c1-5-13(6-2,8-14)11(18)15-12-17-16-10(19-12)7-9(3)4/h9H,5-8,14H2,1-4H3,(H,15,17,18). The van der Waals surface area contributed by atoms with Gasteiger partial charge in [-0.3, -0.25) is 10.1 Å². The molecule has 1 heterocycles. The maximum absolute atomic E-state index is 12.3. The van der Waals surface area contributed by atoms with E-state index in [9.17, 15) is 4.79 Å². The monoisotopic (exact) mass is 284 g/mol. The van der Waals surface area contributed by atoms with Crippen LogP contribution in [0.5, 0.6) is 0 Å². The van der Waals surface area contributed by atoms with Gasteiger partial charge in [-0.15, -0.1) is 10.2 Å². The Kier molecular flexibility index (Phi) is 5.87. The van der Waals surface area contributed by atoms with E-state index in [1.165, 1.54) is 11.3 Å². The van der Waals surface area contributed by atoms with Crippen molar-refractivity contribution in [3.8, 4) is 0 Å². The molecule has 19 heavy (non-hydrogen) atoms. The quantitative estimate of drug-likeness (QED) is 0.806. The van der Waals surface area contributed by atoms with Crippen molar-refractivity contribution in [3.63, 3.8) is 0 Å². The molecule has 1 rings (SSSR count). The number of carbonyl (C=O) groups is 1. The number of nitrogens with two attached hydrogens (primary N) is 1. The Balaban J connectivity index is 2.73. The van der Waals surface area contributed by atoms with Crippen molar-refractivity contribution in [2.75, 3.05) is 11.9 Å². The summed E-state index contributed by atoms with van der Waals surface area (Å²) >= 11 is 1.44. The van der Waals surface area contributed by atoms with Gasteiger partial charge in [0.1, 0.15) is 5.01 Å². The highest BCUT2D eigenvalue weighted by molar-refractivity contribution is 7.15. The Morgan fingerprint density at radius 3 is 2.47 bits per heavy atom. The predicted molar refractivity (Wildman–Crippen MR) is 79.2 cm³/mol. The molecule has 6 heteroatoms. The largest absolute Gasteiger partial charge is 0.329 e. The fraction of sp³-hybridized carbons (Fsp3) is 0.769. The van der Waals surface area contributed by atoms with E-state index >= 15 is 0 Å². The molecule has 0 bridgehead atoms. The van der Waals surface area contributed by atoms with Gasteiger partial charge >= 0.3 is 0 Å². The number of nitrogens with one attached hydrogen (secondary N) is 1. The highest BCUT2D eigenvalue weighted by atomic mass is 32.1. The van der Waals surface area contributed by atoms with E-state index in [1.54, 1.807) is 0 Å². The molecular formula is C13H24N4OS. The molecule has 0 saturated carbocycles. The number of hydrogen-bond donors (Lipinski definition) is 2. The molecule has 1 amide bonds. The van der Waals surface area contributed by atoms with Crippen LogP contribution in [0.1, 0.15) is 45.5 Å². The molecule has 0 spiro atoms. The molecule has 0 aliphatic carbocycles. The molecule has 0 aromatic carbocycles. The lowest BCUT2D eigenvalue weighted by Gasteiger charge is -2.27. The summed E-state index contributed by atoms with van der Waals surface area (Å²) < 4.78 is 0. The minimum absolute atomic E-state index is 0.0488. The SMILES string of the molecule is CCC(CC)(CN)C(=O)Nc1nnc(CC(C)C)s1. The van der Waals surface area contributed by atoms with Crippen molar-refractivity contribution in [2.45, 2.75) is 47.0 Å². The summed E-state index contributed by atoms with van der Waals surface area (Å²) in [6, 6.07) is 0. The summed E-state index contributed by atoms with van der Waals surface area (Å²) in [5.41, 5.74) is 5.26. The minimum atomic E-state index is -0.496. The summed E-state index contributed by atoms with van der Waals surface area (Å²) in [5.74, 6) is 0.484. The number of nitrogens with zero attached hydrogens (tertiary/aromatic N) is 2. The summed E-state index contributed by atoms with van der Waals surface area (Å²) in [6.07, 6.45) is 2.34. The lowest BCUT2D eigenvalue weighted by Crippen LogP contribution is -2.41. The average Bonchev–Trinajstić information content (AvgIpc) is 2.78. The Labute approximate surface area is 119 Å². The Hall–Kier alpha value is -1.01. The first-order valence-corrected chi connectivity index (χ1v) is 7.63. The minimum Gasteiger partial charge on any atom is -0.329 e. The second-order valence-corrected chi connectivity index (χ2v) is 6.31. The van der Waals surface area contributed by atoms with Crippen LogP contribution in [0.4, 0.5) is 5.13 Å². The second kappa shape index (κ2) is 6.96. The molecule has 0 atom stereocenters. The molecule has 0 saturated heterocycles. The van der Waals surface area contributed by atoms with Gasteiger partial charge in [0.15, 0.2) is 0 Å². The summed E-state index contributed by atoms with van der Waals surface area (Å²) in [7, 11) is 0. The molecule has 0 radical (unpaired) electrons. The van der Waals surface area contributed by atoms with Crippen LogP contribution in [-0.2, 0) is 11.2 Å². The number of anilines is 1. The highest BCUT2D eigenvalue weighted by Crippen LogP contribution is 2.28. The number of hydrogen-bond acceptors (Lipinski definition) is 5. The van der Waals surface area contributed by atoms with Crippen molar-refractivity contribution >= 4 is 22.4 Å². The number of rotatable bonds is 7. The van der Waals surface area contributed by atoms with Crippen LogP contribution >= 0.6 is 11.3 Å². The van der Waals surface area contributed by atoms with Crippen LogP contribution in [0.15, 0.2) is 0 Å². The van der Waals surface area contributed by atoms with Crippen LogP contribution in [0.3, 0.4) is 0 Å². The van der Waals surface area contributed by atoms with Crippen molar-refractivity contribution in [1.29, 1.82) is 0 Å². The smallest absolute Gasteiger partial charge is 0.233 e. The molecule has 0 aliphatic heterocycles. The van der Waals surface area contributed by atoms with E-state index < -0.39 is 5.41 Å².